The van der Waals surface area contributed by atoms with Gasteiger partial charge in [0.05, 0.1) is 11.3 Å². The molecule has 4 N–H and O–H groups in total. The van der Waals surface area contributed by atoms with Crippen molar-refractivity contribution in [3.05, 3.63) is 65.7 Å². The van der Waals surface area contributed by atoms with Crippen LogP contribution in [0.1, 0.15) is 43.1 Å². The van der Waals surface area contributed by atoms with Gasteiger partial charge in [0.15, 0.2) is 0 Å². The van der Waals surface area contributed by atoms with Crippen molar-refractivity contribution in [3.8, 4) is 0 Å². The lowest BCUT2D eigenvalue weighted by atomic mass is 9.97. The lowest BCUT2D eigenvalue weighted by molar-refractivity contribution is -0.132. The van der Waals surface area contributed by atoms with Crippen LogP contribution in [0.5, 0.6) is 0 Å². The summed E-state index contributed by atoms with van der Waals surface area (Å²) in [6.07, 6.45) is 0.893. The molecule has 1 aliphatic rings. The fourth-order valence-corrected chi connectivity index (χ4v) is 3.65. The number of fused-ring (bicyclic) bond motifs is 1. The molecular weight excluding hydrogens is 420 g/mol. The second-order valence-electron chi connectivity index (χ2n) is 8.35. The second-order valence-corrected chi connectivity index (χ2v) is 8.35. The van der Waals surface area contributed by atoms with E-state index in [0.29, 0.717) is 12.1 Å². The summed E-state index contributed by atoms with van der Waals surface area (Å²) in [6, 6.07) is 13.3. The smallest absolute Gasteiger partial charge is 0.254 e. The van der Waals surface area contributed by atoms with Crippen molar-refractivity contribution >= 4 is 29.3 Å². The SMILES string of the molecule is CC[C@H](C)[C@@H]1NC(=O)[C@@H](C)NC(=O)c2ccccc2NC(=O)[C@H](Cc2ccccc2)NC1=O. The van der Waals surface area contributed by atoms with Crippen LogP contribution >= 0.6 is 0 Å². The van der Waals surface area contributed by atoms with E-state index in [-0.39, 0.29) is 17.9 Å². The van der Waals surface area contributed by atoms with Crippen LogP contribution in [0.4, 0.5) is 5.69 Å². The third-order valence-corrected chi connectivity index (χ3v) is 5.88. The third-order valence-electron chi connectivity index (χ3n) is 5.88. The van der Waals surface area contributed by atoms with E-state index in [1.807, 2.05) is 44.2 Å². The highest BCUT2D eigenvalue weighted by Crippen LogP contribution is 2.17. The minimum atomic E-state index is -0.905. The predicted molar refractivity (Wildman–Crippen MR) is 125 cm³/mol. The van der Waals surface area contributed by atoms with Gasteiger partial charge < -0.3 is 21.3 Å². The number of amides is 4. The molecule has 0 aliphatic carbocycles. The number of carbonyl (C=O) groups excluding carboxylic acids is 4. The van der Waals surface area contributed by atoms with Crippen molar-refractivity contribution in [1.82, 2.24) is 16.0 Å². The maximum absolute atomic E-state index is 13.3. The van der Waals surface area contributed by atoms with Gasteiger partial charge in [0, 0.05) is 6.42 Å². The summed E-state index contributed by atoms with van der Waals surface area (Å²) < 4.78 is 0. The zero-order valence-corrected chi connectivity index (χ0v) is 19.1. The molecule has 1 aliphatic heterocycles. The first-order valence-corrected chi connectivity index (χ1v) is 11.2. The maximum Gasteiger partial charge on any atom is 0.254 e. The molecule has 0 saturated heterocycles. The zero-order valence-electron chi connectivity index (χ0n) is 19.1. The number of rotatable bonds is 4. The topological polar surface area (TPSA) is 116 Å². The van der Waals surface area contributed by atoms with E-state index in [0.717, 1.165) is 5.56 Å². The van der Waals surface area contributed by atoms with Gasteiger partial charge >= 0.3 is 0 Å². The molecule has 4 atom stereocenters. The van der Waals surface area contributed by atoms with Crippen LogP contribution < -0.4 is 21.3 Å². The van der Waals surface area contributed by atoms with Gasteiger partial charge in [-0.05, 0) is 30.5 Å². The summed E-state index contributed by atoms with van der Waals surface area (Å²) in [5.74, 6) is -2.04. The van der Waals surface area contributed by atoms with Crippen LogP contribution in [0.3, 0.4) is 0 Å². The van der Waals surface area contributed by atoms with E-state index < -0.39 is 41.8 Å². The molecule has 8 heteroatoms. The van der Waals surface area contributed by atoms with Crippen LogP contribution in [0.2, 0.25) is 0 Å². The molecule has 0 radical (unpaired) electrons. The molecule has 174 valence electrons. The number of carbonyl (C=O) groups is 4. The molecule has 4 amide bonds. The summed E-state index contributed by atoms with van der Waals surface area (Å²) in [5.41, 5.74) is 1.40. The fraction of sp³-hybridized carbons (Fsp3) is 0.360. The Balaban J connectivity index is 2.01. The van der Waals surface area contributed by atoms with E-state index in [4.69, 9.17) is 0 Å². The first-order chi connectivity index (χ1) is 15.8. The average molecular weight is 451 g/mol. The standard InChI is InChI=1S/C25H30N4O4/c1-4-15(2)21-25(33)28-20(14-17-10-6-5-7-11-17)24(32)27-19-13-9-8-12-18(19)23(31)26-16(3)22(30)29-21/h5-13,15-16,20-21H,4,14H2,1-3H3,(H,26,31)(H,27,32)(H,28,33)(H,29,30)/t15-,16+,20-,21-/m0/s1. The molecule has 0 bridgehead atoms. The van der Waals surface area contributed by atoms with Crippen molar-refractivity contribution < 1.29 is 19.2 Å². The number of hydrogen-bond donors (Lipinski definition) is 4. The highest BCUT2D eigenvalue weighted by Gasteiger charge is 2.32. The second kappa shape index (κ2) is 10.8. The Bertz CT molecular complexity index is 1020. The summed E-state index contributed by atoms with van der Waals surface area (Å²) in [5, 5.41) is 11.0. The van der Waals surface area contributed by atoms with Gasteiger partial charge in [0.25, 0.3) is 5.91 Å². The van der Waals surface area contributed by atoms with Crippen LogP contribution in [0.15, 0.2) is 54.6 Å². The molecule has 0 unspecified atom stereocenters. The van der Waals surface area contributed by atoms with E-state index in [1.54, 1.807) is 31.2 Å². The number of hydrogen-bond acceptors (Lipinski definition) is 4. The molecule has 2 aromatic rings. The highest BCUT2D eigenvalue weighted by atomic mass is 16.2. The average Bonchev–Trinajstić information content (AvgIpc) is 2.81. The number of benzene rings is 2. The first kappa shape index (κ1) is 24.0. The molecule has 0 spiro atoms. The minimum Gasteiger partial charge on any atom is -0.342 e. The molecule has 0 fully saturated rings. The van der Waals surface area contributed by atoms with Crippen LogP contribution in [-0.4, -0.2) is 41.8 Å². The summed E-state index contributed by atoms with van der Waals surface area (Å²) in [7, 11) is 0. The zero-order chi connectivity index (χ0) is 24.0. The Hall–Kier alpha value is -3.68. The fourth-order valence-electron chi connectivity index (χ4n) is 3.65. The van der Waals surface area contributed by atoms with Crippen LogP contribution in [0, 0.1) is 5.92 Å². The highest BCUT2D eigenvalue weighted by molar-refractivity contribution is 6.07. The van der Waals surface area contributed by atoms with E-state index >= 15 is 0 Å². The first-order valence-electron chi connectivity index (χ1n) is 11.2. The third kappa shape index (κ3) is 5.97. The van der Waals surface area contributed by atoms with Crippen molar-refractivity contribution in [2.24, 2.45) is 5.92 Å². The lowest BCUT2D eigenvalue weighted by Gasteiger charge is -2.27. The van der Waals surface area contributed by atoms with Crippen LogP contribution in [-0.2, 0) is 20.8 Å². The summed E-state index contributed by atoms with van der Waals surface area (Å²) in [4.78, 5) is 52.1. The molecule has 2 aromatic carbocycles. The van der Waals surface area contributed by atoms with Gasteiger partial charge in [0.1, 0.15) is 18.1 Å². The van der Waals surface area contributed by atoms with Crippen molar-refractivity contribution in [2.75, 3.05) is 5.32 Å². The Labute approximate surface area is 193 Å². The molecule has 1 heterocycles. The van der Waals surface area contributed by atoms with Gasteiger partial charge in [0.2, 0.25) is 17.7 Å². The Morgan fingerprint density at radius 2 is 1.48 bits per heavy atom. The van der Waals surface area contributed by atoms with Gasteiger partial charge in [-0.25, -0.2) is 0 Å². The number of nitrogens with one attached hydrogen (secondary N) is 4. The largest absolute Gasteiger partial charge is 0.342 e. The Morgan fingerprint density at radius 1 is 0.818 bits per heavy atom. The maximum atomic E-state index is 13.3. The van der Waals surface area contributed by atoms with E-state index in [1.165, 1.54) is 0 Å². The van der Waals surface area contributed by atoms with Crippen molar-refractivity contribution in [1.29, 1.82) is 0 Å². The van der Waals surface area contributed by atoms with Gasteiger partial charge in [-0.15, -0.1) is 0 Å². The van der Waals surface area contributed by atoms with Crippen molar-refractivity contribution in [2.45, 2.75) is 51.7 Å². The lowest BCUT2D eigenvalue weighted by Crippen LogP contribution is -2.57. The van der Waals surface area contributed by atoms with Crippen molar-refractivity contribution in [3.63, 3.8) is 0 Å². The van der Waals surface area contributed by atoms with Gasteiger partial charge in [-0.2, -0.15) is 0 Å². The monoisotopic (exact) mass is 450 g/mol. The van der Waals surface area contributed by atoms with Crippen LogP contribution in [0.25, 0.3) is 0 Å². The molecular formula is C25H30N4O4. The van der Waals surface area contributed by atoms with E-state index in [2.05, 4.69) is 21.3 Å². The normalized spacial score (nSPS) is 22.8. The summed E-state index contributed by atoms with van der Waals surface area (Å²) in [6.45, 7) is 5.33. The van der Waals surface area contributed by atoms with E-state index in [9.17, 15) is 19.2 Å². The quantitative estimate of drug-likeness (QED) is 0.570. The molecule has 8 nitrogen and oxygen atoms in total. The summed E-state index contributed by atoms with van der Waals surface area (Å²) >= 11 is 0. The molecule has 0 aromatic heterocycles. The molecule has 33 heavy (non-hydrogen) atoms. The number of para-hydroxylation sites is 1. The predicted octanol–water partition coefficient (Wildman–Crippen LogP) is 2.02. The molecule has 3 rings (SSSR count). The Morgan fingerprint density at radius 3 is 2.18 bits per heavy atom. The van der Waals surface area contributed by atoms with Gasteiger partial charge in [-0.3, -0.25) is 19.2 Å². The molecule has 0 saturated carbocycles. The van der Waals surface area contributed by atoms with Gasteiger partial charge in [-0.1, -0.05) is 62.7 Å². The number of anilines is 1. The Kier molecular flexibility index (Phi) is 7.82. The minimum absolute atomic E-state index is 0.181.